The van der Waals surface area contributed by atoms with Crippen molar-refractivity contribution in [2.45, 2.75) is 65.5 Å². The molecule has 29 heavy (non-hydrogen) atoms. The van der Waals surface area contributed by atoms with Gasteiger partial charge >= 0.3 is 6.09 Å². The van der Waals surface area contributed by atoms with Gasteiger partial charge in [-0.15, -0.1) is 0 Å². The zero-order valence-corrected chi connectivity index (χ0v) is 17.9. The molecule has 2 fully saturated rings. The van der Waals surface area contributed by atoms with Gasteiger partial charge in [-0.25, -0.2) is 14.6 Å². The summed E-state index contributed by atoms with van der Waals surface area (Å²) in [6.07, 6.45) is 5.63. The van der Waals surface area contributed by atoms with Crippen molar-refractivity contribution in [2.75, 3.05) is 13.1 Å². The quantitative estimate of drug-likeness (QED) is 0.655. The second-order valence-corrected chi connectivity index (χ2v) is 10.5. The Morgan fingerprint density at radius 1 is 1.31 bits per heavy atom. The molecule has 2 aliphatic rings. The summed E-state index contributed by atoms with van der Waals surface area (Å²) in [5.41, 5.74) is 2.23. The van der Waals surface area contributed by atoms with Crippen LogP contribution in [0.4, 0.5) is 10.5 Å². The van der Waals surface area contributed by atoms with Crippen LogP contribution in [0.25, 0.3) is 15.9 Å². The first-order valence-corrected chi connectivity index (χ1v) is 10.4. The van der Waals surface area contributed by atoms with E-state index in [9.17, 15) is 4.79 Å². The third-order valence-electron chi connectivity index (χ3n) is 6.15. The Bertz CT molecular complexity index is 983. The smallest absolute Gasteiger partial charge is 0.410 e. The Labute approximate surface area is 172 Å². The number of ether oxygens (including phenoxy) is 1. The van der Waals surface area contributed by atoms with Crippen molar-refractivity contribution in [3.8, 4) is 0 Å². The maximum atomic E-state index is 12.6. The molecule has 0 bridgehead atoms. The molecule has 6 heteroatoms. The predicted octanol–water partition coefficient (Wildman–Crippen LogP) is 5.40. The number of fused-ring (bicyclic) bond motifs is 1. The molecule has 2 atom stereocenters. The summed E-state index contributed by atoms with van der Waals surface area (Å²) < 4.78 is 8.17. The summed E-state index contributed by atoms with van der Waals surface area (Å²) in [6.45, 7) is 18.2. The van der Waals surface area contributed by atoms with Crippen molar-refractivity contribution in [3.05, 3.63) is 35.9 Å². The van der Waals surface area contributed by atoms with Gasteiger partial charge in [0.25, 0.3) is 0 Å². The number of carbonyl (C=O) groups is 1. The van der Waals surface area contributed by atoms with Crippen molar-refractivity contribution in [2.24, 2.45) is 10.8 Å². The molecule has 2 heterocycles. The molecule has 1 aliphatic heterocycles. The van der Waals surface area contributed by atoms with Crippen LogP contribution in [0.3, 0.4) is 0 Å². The number of hydrogen-bond acceptors (Lipinski definition) is 3. The first kappa shape index (κ1) is 19.8. The molecule has 1 aromatic heterocycles. The highest BCUT2D eigenvalue weighted by Crippen LogP contribution is 2.47. The Kier molecular flexibility index (Phi) is 4.60. The number of aromatic nitrogens is 2. The Hall–Kier alpha value is -2.55. The van der Waals surface area contributed by atoms with Gasteiger partial charge in [0.15, 0.2) is 5.69 Å². The first-order chi connectivity index (χ1) is 13.6. The molecule has 1 aliphatic carbocycles. The molecule has 1 spiro atoms. The number of carbonyl (C=O) groups excluding carboxylic acids is 1. The van der Waals surface area contributed by atoms with Gasteiger partial charge < -0.3 is 14.2 Å². The van der Waals surface area contributed by atoms with Crippen LogP contribution in [0, 0.1) is 17.4 Å². The third kappa shape index (κ3) is 3.96. The van der Waals surface area contributed by atoms with E-state index in [0.29, 0.717) is 12.2 Å². The predicted molar refractivity (Wildman–Crippen MR) is 113 cm³/mol. The summed E-state index contributed by atoms with van der Waals surface area (Å²) in [6, 6.07) is 5.64. The van der Waals surface area contributed by atoms with Gasteiger partial charge in [-0.2, -0.15) is 0 Å². The number of hydrogen-bond donors (Lipinski definition) is 0. The van der Waals surface area contributed by atoms with Crippen LogP contribution in [0.1, 0.15) is 53.4 Å². The van der Waals surface area contributed by atoms with E-state index >= 15 is 0 Å². The molecule has 0 N–H and O–H groups in total. The second-order valence-electron chi connectivity index (χ2n) is 10.5. The first-order valence-electron chi connectivity index (χ1n) is 10.4. The third-order valence-corrected chi connectivity index (χ3v) is 6.15. The molecule has 1 amide bonds. The van der Waals surface area contributed by atoms with Gasteiger partial charge in [0.1, 0.15) is 5.60 Å². The fraction of sp³-hybridized carbons (Fsp3) is 0.609. The fourth-order valence-electron chi connectivity index (χ4n) is 5.19. The molecule has 6 nitrogen and oxygen atoms in total. The van der Waals surface area contributed by atoms with Crippen molar-refractivity contribution in [3.63, 3.8) is 0 Å². The largest absolute Gasteiger partial charge is 0.441 e. The van der Waals surface area contributed by atoms with E-state index in [1.165, 1.54) is 0 Å². The second kappa shape index (κ2) is 6.76. The van der Waals surface area contributed by atoms with Gasteiger partial charge in [-0.1, -0.05) is 33.8 Å². The summed E-state index contributed by atoms with van der Waals surface area (Å²) in [5.74, 6) is 0. The van der Waals surface area contributed by atoms with E-state index in [1.807, 2.05) is 29.4 Å². The average molecular weight is 395 g/mol. The topological polar surface area (TPSA) is 51.7 Å². The van der Waals surface area contributed by atoms with Gasteiger partial charge in [0, 0.05) is 13.1 Å². The molecular formula is C23H30N4O2. The number of imidazole rings is 1. The van der Waals surface area contributed by atoms with Crippen LogP contribution >= 0.6 is 0 Å². The van der Waals surface area contributed by atoms with Crippen LogP contribution in [0.2, 0.25) is 0 Å². The van der Waals surface area contributed by atoms with E-state index in [4.69, 9.17) is 11.3 Å². The van der Waals surface area contributed by atoms with Crippen molar-refractivity contribution < 1.29 is 9.53 Å². The normalized spacial score (nSPS) is 27.4. The number of nitrogens with zero attached hydrogens (tertiary/aromatic N) is 4. The molecule has 0 radical (unpaired) electrons. The zero-order valence-electron chi connectivity index (χ0n) is 17.9. The highest BCUT2D eigenvalue weighted by molar-refractivity contribution is 5.79. The molecule has 2 aromatic rings. The summed E-state index contributed by atoms with van der Waals surface area (Å²) in [5, 5.41) is 0. The number of benzene rings is 1. The summed E-state index contributed by atoms with van der Waals surface area (Å²) in [7, 11) is 0. The monoisotopic (exact) mass is 394 g/mol. The van der Waals surface area contributed by atoms with Crippen LogP contribution in [-0.4, -0.2) is 39.2 Å². The Balaban J connectivity index is 1.55. The van der Waals surface area contributed by atoms with Crippen molar-refractivity contribution >= 4 is 22.8 Å². The van der Waals surface area contributed by atoms with Gasteiger partial charge in [0.05, 0.1) is 30.5 Å². The van der Waals surface area contributed by atoms with Crippen LogP contribution < -0.4 is 0 Å². The molecule has 154 valence electrons. The minimum Gasteiger partial charge on any atom is -0.441 e. The molecule has 1 saturated carbocycles. The average Bonchev–Trinajstić information content (AvgIpc) is 3.13. The lowest BCUT2D eigenvalue weighted by Crippen LogP contribution is -2.45. The highest BCUT2D eigenvalue weighted by atomic mass is 16.6. The minimum absolute atomic E-state index is 0.0119. The van der Waals surface area contributed by atoms with Gasteiger partial charge in [0.2, 0.25) is 0 Å². The SMILES string of the molecule is [C-]#[N+]c1ccc2ncn(C[C@@]3(C)CCC[C@@]4(CN(CC(C)(C)C)C(=O)O4)C3)c2c1. The van der Waals surface area contributed by atoms with E-state index < -0.39 is 0 Å². The lowest BCUT2D eigenvalue weighted by Gasteiger charge is -2.43. The van der Waals surface area contributed by atoms with E-state index in [-0.39, 0.29) is 22.5 Å². The van der Waals surface area contributed by atoms with E-state index in [0.717, 1.165) is 49.8 Å². The summed E-state index contributed by atoms with van der Waals surface area (Å²) in [4.78, 5) is 22.5. The van der Waals surface area contributed by atoms with Gasteiger partial charge in [-0.3, -0.25) is 0 Å². The van der Waals surface area contributed by atoms with Crippen LogP contribution in [0.15, 0.2) is 24.5 Å². The number of rotatable bonds is 3. The maximum Gasteiger partial charge on any atom is 0.410 e. The standard InChI is InChI=1S/C23H30N4O2/c1-21(2,3)13-26-15-23(29-20(26)28)10-6-9-22(4,12-23)14-27-16-25-18-8-7-17(24-5)11-19(18)27/h7-8,11,16H,6,9-10,12-15H2,1-4H3/t22-,23-/m0/s1. The van der Waals surface area contributed by atoms with Crippen LogP contribution in [0.5, 0.6) is 0 Å². The minimum atomic E-state index is -0.382. The molecule has 1 saturated heterocycles. The maximum absolute atomic E-state index is 12.6. The van der Waals surface area contributed by atoms with Crippen molar-refractivity contribution in [1.82, 2.24) is 14.5 Å². The summed E-state index contributed by atoms with van der Waals surface area (Å²) >= 11 is 0. The van der Waals surface area contributed by atoms with Crippen molar-refractivity contribution in [1.29, 1.82) is 0 Å². The van der Waals surface area contributed by atoms with E-state index in [1.54, 1.807) is 0 Å². The fourth-order valence-corrected chi connectivity index (χ4v) is 5.19. The Morgan fingerprint density at radius 2 is 2.10 bits per heavy atom. The Morgan fingerprint density at radius 3 is 2.83 bits per heavy atom. The molecular weight excluding hydrogens is 364 g/mol. The van der Waals surface area contributed by atoms with E-state index in [2.05, 4.69) is 42.1 Å². The lowest BCUT2D eigenvalue weighted by atomic mass is 9.68. The highest BCUT2D eigenvalue weighted by Gasteiger charge is 2.51. The zero-order chi connectivity index (χ0) is 20.9. The lowest BCUT2D eigenvalue weighted by molar-refractivity contribution is -0.0270. The number of amides is 1. The van der Waals surface area contributed by atoms with Gasteiger partial charge in [-0.05, 0) is 48.6 Å². The molecule has 0 unspecified atom stereocenters. The van der Waals surface area contributed by atoms with Crippen LogP contribution in [-0.2, 0) is 11.3 Å². The molecule has 1 aromatic carbocycles. The molecule has 4 rings (SSSR count).